The Morgan fingerprint density at radius 2 is 2.00 bits per heavy atom. The van der Waals surface area contributed by atoms with Gasteiger partial charge in [0, 0.05) is 11.9 Å². The maximum absolute atomic E-state index is 11.9. The summed E-state index contributed by atoms with van der Waals surface area (Å²) in [5.41, 5.74) is 6.67. The second-order valence-corrected chi connectivity index (χ2v) is 4.34. The highest BCUT2D eigenvalue weighted by Crippen LogP contribution is 2.25. The molecule has 0 aliphatic rings. The Balaban J connectivity index is 2.22. The number of rotatable bonds is 2. The number of nitrogens with zero attached hydrogens (tertiary/aromatic N) is 1. The highest BCUT2D eigenvalue weighted by atomic mass is 35.5. The molecule has 0 unspecified atom stereocenters. The summed E-state index contributed by atoms with van der Waals surface area (Å²) in [4.78, 5) is 15.8. The average molecular weight is 282 g/mol. The van der Waals surface area contributed by atoms with Gasteiger partial charge in [0.05, 0.1) is 15.7 Å². The van der Waals surface area contributed by atoms with Gasteiger partial charge in [0.25, 0.3) is 5.91 Å². The first kappa shape index (κ1) is 12.7. The summed E-state index contributed by atoms with van der Waals surface area (Å²) in [6, 6.07) is 8.06. The Labute approximate surface area is 114 Å². The van der Waals surface area contributed by atoms with Crippen LogP contribution in [0.15, 0.2) is 36.5 Å². The topological polar surface area (TPSA) is 68.0 Å². The minimum Gasteiger partial charge on any atom is -0.397 e. The number of hydrogen-bond acceptors (Lipinski definition) is 3. The molecule has 0 saturated heterocycles. The molecule has 0 aliphatic carbocycles. The van der Waals surface area contributed by atoms with Crippen molar-refractivity contribution in [3.63, 3.8) is 0 Å². The molecule has 0 fully saturated rings. The standard InChI is InChI=1S/C12H9Cl2N3O/c13-8-4-3-7(6-9(8)14)17-12(18)11-10(15)2-1-5-16-11/h1-6H,15H2,(H,17,18). The second kappa shape index (κ2) is 5.25. The SMILES string of the molecule is Nc1cccnc1C(=O)Nc1ccc(Cl)c(Cl)c1. The predicted molar refractivity (Wildman–Crippen MR) is 73.1 cm³/mol. The van der Waals surface area contributed by atoms with Gasteiger partial charge >= 0.3 is 0 Å². The van der Waals surface area contributed by atoms with Crippen molar-refractivity contribution in [3.05, 3.63) is 52.3 Å². The van der Waals surface area contributed by atoms with E-state index < -0.39 is 5.91 Å². The van der Waals surface area contributed by atoms with Gasteiger partial charge in [0.15, 0.2) is 5.69 Å². The average Bonchev–Trinajstić information content (AvgIpc) is 2.34. The van der Waals surface area contributed by atoms with Crippen molar-refractivity contribution < 1.29 is 4.79 Å². The number of nitrogens with one attached hydrogen (secondary N) is 1. The number of anilines is 2. The van der Waals surface area contributed by atoms with Crippen LogP contribution in [0.2, 0.25) is 10.0 Å². The van der Waals surface area contributed by atoms with Crippen molar-refractivity contribution in [2.75, 3.05) is 11.1 Å². The number of amides is 1. The number of benzene rings is 1. The molecule has 1 heterocycles. The molecule has 92 valence electrons. The molecular formula is C12H9Cl2N3O. The summed E-state index contributed by atoms with van der Waals surface area (Å²) in [6.45, 7) is 0. The molecular weight excluding hydrogens is 273 g/mol. The van der Waals surface area contributed by atoms with Gasteiger partial charge in [0.2, 0.25) is 0 Å². The highest BCUT2D eigenvalue weighted by Gasteiger charge is 2.11. The summed E-state index contributed by atoms with van der Waals surface area (Å²) in [6.07, 6.45) is 1.50. The van der Waals surface area contributed by atoms with Gasteiger partial charge < -0.3 is 11.1 Å². The quantitative estimate of drug-likeness (QED) is 0.888. The molecule has 0 radical (unpaired) electrons. The molecule has 6 heteroatoms. The van der Waals surface area contributed by atoms with E-state index in [4.69, 9.17) is 28.9 Å². The third kappa shape index (κ3) is 2.72. The van der Waals surface area contributed by atoms with Gasteiger partial charge in [-0.15, -0.1) is 0 Å². The summed E-state index contributed by atoms with van der Waals surface area (Å²) >= 11 is 11.6. The van der Waals surface area contributed by atoms with E-state index in [2.05, 4.69) is 10.3 Å². The number of halogens is 2. The number of nitrogens with two attached hydrogens (primary N) is 1. The Morgan fingerprint density at radius 1 is 1.22 bits per heavy atom. The van der Waals surface area contributed by atoms with Gasteiger partial charge in [0.1, 0.15) is 0 Å². The highest BCUT2D eigenvalue weighted by molar-refractivity contribution is 6.42. The lowest BCUT2D eigenvalue weighted by Crippen LogP contribution is -2.15. The summed E-state index contributed by atoms with van der Waals surface area (Å²) in [5, 5.41) is 3.43. The molecule has 0 saturated carbocycles. The number of hydrogen-bond donors (Lipinski definition) is 2. The fraction of sp³-hybridized carbons (Fsp3) is 0. The molecule has 2 rings (SSSR count). The zero-order valence-corrected chi connectivity index (χ0v) is 10.7. The molecule has 1 aromatic heterocycles. The minimum absolute atomic E-state index is 0.170. The summed E-state index contributed by atoms with van der Waals surface area (Å²) in [7, 11) is 0. The molecule has 0 bridgehead atoms. The second-order valence-electron chi connectivity index (χ2n) is 3.52. The zero-order chi connectivity index (χ0) is 13.1. The monoisotopic (exact) mass is 281 g/mol. The van der Waals surface area contributed by atoms with Crippen molar-refractivity contribution in [3.8, 4) is 0 Å². The van der Waals surface area contributed by atoms with E-state index in [1.807, 2.05) is 0 Å². The van der Waals surface area contributed by atoms with E-state index in [0.717, 1.165) is 0 Å². The van der Waals surface area contributed by atoms with Gasteiger partial charge in [-0.2, -0.15) is 0 Å². The van der Waals surface area contributed by atoms with Crippen molar-refractivity contribution in [1.29, 1.82) is 0 Å². The Hall–Kier alpha value is -1.78. The predicted octanol–water partition coefficient (Wildman–Crippen LogP) is 3.22. The normalized spacial score (nSPS) is 10.1. The first-order valence-electron chi connectivity index (χ1n) is 5.05. The summed E-state index contributed by atoms with van der Waals surface area (Å²) < 4.78 is 0. The van der Waals surface area contributed by atoms with E-state index >= 15 is 0 Å². The van der Waals surface area contributed by atoms with E-state index in [1.165, 1.54) is 6.20 Å². The lowest BCUT2D eigenvalue weighted by Gasteiger charge is -2.07. The molecule has 1 amide bonds. The molecule has 1 aromatic carbocycles. The van der Waals surface area contributed by atoms with Crippen LogP contribution in [0.25, 0.3) is 0 Å². The lowest BCUT2D eigenvalue weighted by atomic mass is 10.2. The fourth-order valence-corrected chi connectivity index (χ4v) is 1.67. The Morgan fingerprint density at radius 3 is 2.67 bits per heavy atom. The van der Waals surface area contributed by atoms with Crippen LogP contribution in [-0.2, 0) is 0 Å². The molecule has 0 atom stereocenters. The van der Waals surface area contributed by atoms with Crippen LogP contribution in [-0.4, -0.2) is 10.9 Å². The van der Waals surface area contributed by atoms with Crippen LogP contribution in [0.3, 0.4) is 0 Å². The van der Waals surface area contributed by atoms with Gasteiger partial charge in [-0.3, -0.25) is 4.79 Å². The van der Waals surface area contributed by atoms with Crippen molar-refractivity contribution in [2.45, 2.75) is 0 Å². The van der Waals surface area contributed by atoms with Crippen LogP contribution < -0.4 is 11.1 Å². The lowest BCUT2D eigenvalue weighted by molar-refractivity contribution is 0.102. The Kier molecular flexibility index (Phi) is 3.69. The molecule has 4 nitrogen and oxygen atoms in total. The van der Waals surface area contributed by atoms with Crippen molar-refractivity contribution >= 4 is 40.5 Å². The third-order valence-corrected chi connectivity index (χ3v) is 2.97. The van der Waals surface area contributed by atoms with Crippen LogP contribution >= 0.6 is 23.2 Å². The Bertz CT molecular complexity index is 602. The van der Waals surface area contributed by atoms with Gasteiger partial charge in [-0.25, -0.2) is 4.98 Å². The smallest absolute Gasteiger partial charge is 0.276 e. The third-order valence-electron chi connectivity index (χ3n) is 2.23. The number of carbonyl (C=O) groups excluding carboxylic acids is 1. The van der Waals surface area contributed by atoms with E-state index in [0.29, 0.717) is 21.4 Å². The molecule has 0 spiro atoms. The maximum atomic E-state index is 11.9. The molecule has 2 aromatic rings. The zero-order valence-electron chi connectivity index (χ0n) is 9.15. The van der Waals surface area contributed by atoms with Crippen LogP contribution in [0.5, 0.6) is 0 Å². The van der Waals surface area contributed by atoms with Crippen molar-refractivity contribution in [2.24, 2.45) is 0 Å². The fourth-order valence-electron chi connectivity index (χ4n) is 1.37. The van der Waals surface area contributed by atoms with E-state index in [1.54, 1.807) is 30.3 Å². The number of nitrogen functional groups attached to an aromatic ring is 1. The minimum atomic E-state index is -0.397. The molecule has 0 aliphatic heterocycles. The number of carbonyl (C=O) groups is 1. The van der Waals surface area contributed by atoms with Crippen LogP contribution in [0.4, 0.5) is 11.4 Å². The van der Waals surface area contributed by atoms with Crippen LogP contribution in [0, 0.1) is 0 Å². The molecule has 3 N–H and O–H groups in total. The number of pyridine rings is 1. The first-order valence-corrected chi connectivity index (χ1v) is 5.80. The number of aromatic nitrogens is 1. The van der Waals surface area contributed by atoms with Gasteiger partial charge in [-0.05, 0) is 30.3 Å². The summed E-state index contributed by atoms with van der Waals surface area (Å²) in [5.74, 6) is -0.397. The molecule has 18 heavy (non-hydrogen) atoms. The maximum Gasteiger partial charge on any atom is 0.276 e. The van der Waals surface area contributed by atoms with E-state index in [-0.39, 0.29) is 5.69 Å². The van der Waals surface area contributed by atoms with Crippen LogP contribution in [0.1, 0.15) is 10.5 Å². The van der Waals surface area contributed by atoms with E-state index in [9.17, 15) is 4.79 Å². The van der Waals surface area contributed by atoms with Gasteiger partial charge in [-0.1, -0.05) is 23.2 Å². The largest absolute Gasteiger partial charge is 0.397 e. The van der Waals surface area contributed by atoms with Crippen molar-refractivity contribution in [1.82, 2.24) is 4.98 Å². The first-order chi connectivity index (χ1) is 8.58.